The average molecular weight is 2080 g/mol. The first-order valence-electron chi connectivity index (χ1n) is 59.7. The smallest absolute Gasteiger partial charge is 0.225 e. The standard InChI is InChI=1S/C24H47NO4.C23H45NO4.C22H41NO.C20H39NO2.C19H37NO2.C19H37NO/c1-22(2,3)10-8-15-27-17-19-29-20-18-28-16-9-21(26)25-13-11-24(7,12-14-25)23(4,5)6;1-22(2,3)11-7-14-26-16-18-28-19-17-27-15-10-21(25)24-12-8-20(9-13-24)23(4,5)6;1-20(2,3)16-17-8-10-18(11-9-17)19(24)23-14-12-22(7,13-15-23)21(4,5)6;1-18(2,3)10-8-15-23-16-9-17(22)21-13-11-20(7,12-14-21)19(4,5)6;1-18(2,3)11-7-14-22-15-10-17(21)20-12-8-16(9-13-20)19(4,5)6;1-17(2,3)11-9-8-10-16(21)20-14-12-19(7,13-15-20)18(4,5)6/h8-20H2,1-7H3;20H,7-19H2,1-6H3;17-18H,8-16H2,1-7H3;8-16H2,1-7H3;16H,7-15H2,1-6H3;8-15H2,1-7H3. The molecule has 6 aliphatic heterocycles. The van der Waals surface area contributed by atoms with E-state index in [-0.39, 0.29) is 29.0 Å². The Morgan fingerprint density at radius 3 is 0.633 bits per heavy atom. The number of hydrogen-bond donors (Lipinski definition) is 0. The van der Waals surface area contributed by atoms with Crippen LogP contribution in [0, 0.1) is 110 Å². The third-order valence-electron chi connectivity index (χ3n) is 35.1. The fourth-order valence-corrected chi connectivity index (χ4v) is 21.2. The Hall–Kier alpha value is -3.50. The molecular formula is C127H246N6O14. The van der Waals surface area contributed by atoms with Crippen LogP contribution in [0.1, 0.15) is 489 Å². The lowest BCUT2D eigenvalue weighted by atomic mass is 9.63. The Morgan fingerprint density at radius 1 is 0.218 bits per heavy atom. The zero-order valence-corrected chi connectivity index (χ0v) is 105. The molecule has 0 atom stereocenters. The summed E-state index contributed by atoms with van der Waals surface area (Å²) in [5, 5.41) is 0. The highest BCUT2D eigenvalue weighted by Crippen LogP contribution is 2.51. The van der Waals surface area contributed by atoms with Gasteiger partial charge in [0.1, 0.15) is 0 Å². The number of hydrogen-bond acceptors (Lipinski definition) is 14. The molecule has 6 heterocycles. The van der Waals surface area contributed by atoms with Crippen molar-refractivity contribution in [3.63, 3.8) is 0 Å². The van der Waals surface area contributed by atoms with Crippen molar-refractivity contribution in [2.75, 3.05) is 184 Å². The first kappa shape index (κ1) is 140. The molecule has 20 heteroatoms. The van der Waals surface area contributed by atoms with E-state index in [4.69, 9.17) is 37.9 Å². The zero-order valence-electron chi connectivity index (χ0n) is 105. The van der Waals surface area contributed by atoms with Crippen molar-refractivity contribution in [2.24, 2.45) is 110 Å². The third-order valence-corrected chi connectivity index (χ3v) is 35.1. The highest BCUT2D eigenvalue weighted by Gasteiger charge is 2.46. The largest absolute Gasteiger partial charge is 0.381 e. The second-order valence-corrected chi connectivity index (χ2v) is 60.6. The molecule has 7 aliphatic rings. The molecule has 1 saturated carbocycles. The highest BCUT2D eigenvalue weighted by molar-refractivity contribution is 5.79. The summed E-state index contributed by atoms with van der Waals surface area (Å²) < 4.78 is 44.5. The molecule has 7 rings (SSSR count). The summed E-state index contributed by atoms with van der Waals surface area (Å²) >= 11 is 0. The second kappa shape index (κ2) is 65.0. The summed E-state index contributed by atoms with van der Waals surface area (Å²) in [6.07, 6.45) is 34.7. The van der Waals surface area contributed by atoms with Crippen LogP contribution < -0.4 is 0 Å². The van der Waals surface area contributed by atoms with Crippen molar-refractivity contribution < 1.29 is 66.7 Å². The van der Waals surface area contributed by atoms with Crippen LogP contribution >= 0.6 is 0 Å². The molecule has 20 nitrogen and oxygen atoms in total. The van der Waals surface area contributed by atoms with Gasteiger partial charge in [0, 0.05) is 117 Å². The Labute approximate surface area is 909 Å². The number of carbonyl (C=O) groups excluding carboxylic acids is 6. The summed E-state index contributed by atoms with van der Waals surface area (Å²) in [7, 11) is 0. The van der Waals surface area contributed by atoms with Gasteiger partial charge in [-0.15, -0.1) is 0 Å². The lowest BCUT2D eigenvalue weighted by Crippen LogP contribution is -2.48. The summed E-state index contributed by atoms with van der Waals surface area (Å²) in [5.74, 6) is 4.39. The lowest BCUT2D eigenvalue weighted by molar-refractivity contribution is -0.140. The molecule has 7 fully saturated rings. The van der Waals surface area contributed by atoms with Gasteiger partial charge in [-0.3, -0.25) is 28.8 Å². The maximum Gasteiger partial charge on any atom is 0.225 e. The SMILES string of the molecule is CC(C)(C)CC1CCC(C(=O)N2CCC(C)(C(C)(C)C)CC2)CC1.CC(C)(C)CCCCC(=O)N1CCC(C)(C(C)(C)C)CC1.CC(C)(C)CCCOCCC(=O)N1CCC(C(C)(C)C)CC1.CC(C)(C)CCCOCCC(=O)N1CCC(C)(C(C)(C)C)CC1.CC(C)(C)CCCOCCOCCOCCC(=O)N1CCC(C(C)(C)C)CC1.CC(C)(C)CCCOCCOCCOCCC(=O)N1CCC(C)(C(C)(C)C)CC1. The van der Waals surface area contributed by atoms with Crippen LogP contribution in [0.15, 0.2) is 0 Å². The van der Waals surface area contributed by atoms with Crippen LogP contribution in [-0.2, 0) is 66.7 Å². The number of amides is 6. The Kier molecular flexibility index (Phi) is 61.7. The molecule has 0 N–H and O–H groups in total. The van der Waals surface area contributed by atoms with E-state index >= 15 is 0 Å². The van der Waals surface area contributed by atoms with Crippen LogP contribution in [0.3, 0.4) is 0 Å². The molecule has 6 saturated heterocycles. The van der Waals surface area contributed by atoms with Gasteiger partial charge in [0.15, 0.2) is 0 Å². The first-order chi connectivity index (χ1) is 67.4. The van der Waals surface area contributed by atoms with E-state index in [0.29, 0.717) is 210 Å². The third kappa shape index (κ3) is 60.6. The number of likely N-dealkylation sites (tertiary alicyclic amines) is 6. The quantitative estimate of drug-likeness (QED) is 0.0523. The van der Waals surface area contributed by atoms with Gasteiger partial charge >= 0.3 is 0 Å². The van der Waals surface area contributed by atoms with Crippen molar-refractivity contribution >= 4 is 35.4 Å². The van der Waals surface area contributed by atoms with Gasteiger partial charge in [-0.25, -0.2) is 0 Å². The predicted octanol–water partition coefficient (Wildman–Crippen LogP) is 30.0. The molecule has 0 spiro atoms. The molecule has 0 aromatic rings. The summed E-state index contributed by atoms with van der Waals surface area (Å²) in [6.45, 7) is 113. The second-order valence-electron chi connectivity index (χ2n) is 60.6. The molecule has 1 aliphatic carbocycles. The number of nitrogens with zero attached hydrogens (tertiary/aromatic N) is 6. The van der Waals surface area contributed by atoms with Gasteiger partial charge in [-0.2, -0.15) is 0 Å². The van der Waals surface area contributed by atoms with E-state index in [1.54, 1.807) is 0 Å². The van der Waals surface area contributed by atoms with Crippen molar-refractivity contribution in [3.05, 3.63) is 0 Å². The fourth-order valence-electron chi connectivity index (χ4n) is 21.2. The molecule has 0 aromatic carbocycles. The molecule has 147 heavy (non-hydrogen) atoms. The monoisotopic (exact) mass is 2080 g/mol. The Bertz CT molecular complexity index is 3530. The van der Waals surface area contributed by atoms with E-state index in [1.807, 2.05) is 19.6 Å². The minimum Gasteiger partial charge on any atom is -0.381 e. The van der Waals surface area contributed by atoms with Crippen LogP contribution in [0.5, 0.6) is 0 Å². The summed E-state index contributed by atoms with van der Waals surface area (Å²) in [6, 6.07) is 0. The molecule has 6 amide bonds. The van der Waals surface area contributed by atoms with Gasteiger partial charge < -0.3 is 67.3 Å². The van der Waals surface area contributed by atoms with Gasteiger partial charge in [0.05, 0.1) is 105 Å². The average Bonchev–Trinajstić information content (AvgIpc) is 0.873. The normalized spacial score (nSPS) is 19.8. The lowest BCUT2D eigenvalue weighted by Gasteiger charge is -2.48. The van der Waals surface area contributed by atoms with Crippen LogP contribution in [-0.4, -0.2) is 249 Å². The molecule has 0 bridgehead atoms. The van der Waals surface area contributed by atoms with Crippen LogP contribution in [0.25, 0.3) is 0 Å². The zero-order chi connectivity index (χ0) is 112. The van der Waals surface area contributed by atoms with E-state index < -0.39 is 0 Å². The summed E-state index contributed by atoms with van der Waals surface area (Å²) in [5.41, 5.74) is 5.65. The molecule has 0 aromatic heterocycles. The maximum atomic E-state index is 12.9. The number of carbonyl (C=O) groups is 6. The minimum atomic E-state index is 0.213. The van der Waals surface area contributed by atoms with E-state index in [9.17, 15) is 28.8 Å². The van der Waals surface area contributed by atoms with Gasteiger partial charge in [-0.1, -0.05) is 283 Å². The Morgan fingerprint density at radius 2 is 0.415 bits per heavy atom. The number of rotatable bonds is 42. The maximum absolute atomic E-state index is 12.9. The molecular weight excluding hydrogens is 1830 g/mol. The number of ether oxygens (including phenoxy) is 8. The van der Waals surface area contributed by atoms with E-state index in [2.05, 4.69) is 287 Å². The fraction of sp³-hybridized carbons (Fsp3) is 0.953. The number of piperidine rings is 6. The highest BCUT2D eigenvalue weighted by atomic mass is 16.5. The van der Waals surface area contributed by atoms with Crippen molar-refractivity contribution in [3.8, 4) is 0 Å². The van der Waals surface area contributed by atoms with E-state index in [1.165, 1.54) is 57.8 Å². The van der Waals surface area contributed by atoms with E-state index in [0.717, 1.165) is 245 Å². The first-order valence-corrected chi connectivity index (χ1v) is 59.7. The molecule has 0 unspecified atom stereocenters. The van der Waals surface area contributed by atoms with Crippen LogP contribution in [0.4, 0.5) is 0 Å². The van der Waals surface area contributed by atoms with Crippen LogP contribution in [0.2, 0.25) is 0 Å². The van der Waals surface area contributed by atoms with Gasteiger partial charge in [0.25, 0.3) is 0 Å². The predicted molar refractivity (Wildman–Crippen MR) is 618 cm³/mol. The molecule has 868 valence electrons. The summed E-state index contributed by atoms with van der Waals surface area (Å²) in [4.78, 5) is 86.7. The topological polar surface area (TPSA) is 196 Å². The molecule has 0 radical (unpaired) electrons. The Balaban J connectivity index is 0.000000598. The van der Waals surface area contributed by atoms with Gasteiger partial charge in [0.2, 0.25) is 35.4 Å². The van der Waals surface area contributed by atoms with Crippen molar-refractivity contribution in [1.82, 2.24) is 29.4 Å². The van der Waals surface area contributed by atoms with Crippen molar-refractivity contribution in [2.45, 2.75) is 489 Å². The number of unbranched alkanes of at least 4 members (excludes halogenated alkanes) is 1. The minimum absolute atomic E-state index is 0.213. The van der Waals surface area contributed by atoms with Gasteiger partial charge in [-0.05, 0) is 278 Å². The van der Waals surface area contributed by atoms with Crippen molar-refractivity contribution in [1.29, 1.82) is 0 Å².